The van der Waals surface area contributed by atoms with E-state index in [2.05, 4.69) is 61.6 Å². The van der Waals surface area contributed by atoms with Crippen molar-refractivity contribution in [3.8, 4) is 0 Å². The Balaban J connectivity index is 2.61. The monoisotopic (exact) mass is 168 g/mol. The summed E-state index contributed by atoms with van der Waals surface area (Å²) in [5.74, 6) is 0. The Labute approximate surface area is 78.9 Å². The maximum Gasteiger partial charge on any atom is -0.0155 e. The van der Waals surface area contributed by atoms with Crippen LogP contribution in [0.3, 0.4) is 0 Å². The maximum absolute atomic E-state index is 2.16. The highest BCUT2D eigenvalue weighted by atomic mass is 14.0. The third-order valence-corrected chi connectivity index (χ3v) is 2.23. The topological polar surface area (TPSA) is 0 Å². The molecule has 0 radical (unpaired) electrons. The Kier molecular flexibility index (Phi) is 2.13. The average molecular weight is 168 g/mol. The van der Waals surface area contributed by atoms with Gasteiger partial charge in [0, 0.05) is 0 Å². The first-order valence-electron chi connectivity index (χ1n) is 4.49. The molecule has 0 N–H and O–H groups in total. The summed E-state index contributed by atoms with van der Waals surface area (Å²) in [7, 11) is 0. The summed E-state index contributed by atoms with van der Waals surface area (Å²) in [6.45, 7) is 2.14. The van der Waals surface area contributed by atoms with Gasteiger partial charge < -0.3 is 0 Å². The minimum atomic E-state index is 1.29. The van der Waals surface area contributed by atoms with Crippen molar-refractivity contribution in [2.45, 2.75) is 6.92 Å². The molecule has 0 heteroatoms. The molecule has 64 valence electrons. The summed E-state index contributed by atoms with van der Waals surface area (Å²) >= 11 is 0. The van der Waals surface area contributed by atoms with E-state index in [1.807, 2.05) is 0 Å². The van der Waals surface area contributed by atoms with Crippen LogP contribution in [-0.4, -0.2) is 0 Å². The first-order chi connectivity index (χ1) is 6.38. The number of benzene rings is 1. The van der Waals surface area contributed by atoms with Gasteiger partial charge in [-0.25, -0.2) is 0 Å². The molecule has 0 spiro atoms. The van der Waals surface area contributed by atoms with Gasteiger partial charge in [0.1, 0.15) is 0 Å². The quantitative estimate of drug-likeness (QED) is 0.554. The van der Waals surface area contributed by atoms with Crippen LogP contribution in [0, 0.1) is 0 Å². The van der Waals surface area contributed by atoms with Crippen LogP contribution in [-0.2, 0) is 0 Å². The fourth-order valence-electron chi connectivity index (χ4n) is 1.51. The van der Waals surface area contributed by atoms with Gasteiger partial charge in [0.15, 0.2) is 0 Å². The van der Waals surface area contributed by atoms with Gasteiger partial charge in [-0.2, -0.15) is 0 Å². The average Bonchev–Trinajstić information content (AvgIpc) is 2.14. The van der Waals surface area contributed by atoms with Gasteiger partial charge in [-0.3, -0.25) is 0 Å². The molecule has 0 saturated heterocycles. The van der Waals surface area contributed by atoms with Crippen molar-refractivity contribution in [2.75, 3.05) is 0 Å². The highest BCUT2D eigenvalue weighted by molar-refractivity contribution is 5.75. The second-order valence-electron chi connectivity index (χ2n) is 3.18. The highest BCUT2D eigenvalue weighted by Crippen LogP contribution is 2.21. The Morgan fingerprint density at radius 1 is 0.923 bits per heavy atom. The zero-order valence-corrected chi connectivity index (χ0v) is 7.70. The van der Waals surface area contributed by atoms with E-state index in [4.69, 9.17) is 0 Å². The fraction of sp³-hybridized carbons (Fsp3) is 0.0769. The lowest BCUT2D eigenvalue weighted by Gasteiger charge is -2.06. The Morgan fingerprint density at radius 3 is 2.69 bits per heavy atom. The lowest BCUT2D eigenvalue weighted by Crippen LogP contribution is -1.85. The van der Waals surface area contributed by atoms with E-state index in [1.165, 1.54) is 16.7 Å². The van der Waals surface area contributed by atoms with Crippen LogP contribution < -0.4 is 0 Å². The normalized spacial score (nSPS) is 23.3. The predicted octanol–water partition coefficient (Wildman–Crippen LogP) is 3.67. The summed E-state index contributed by atoms with van der Waals surface area (Å²) < 4.78 is 0. The zero-order valence-electron chi connectivity index (χ0n) is 7.70. The Bertz CT molecular complexity index is 392. The minimum absolute atomic E-state index is 1.29. The van der Waals surface area contributed by atoms with Gasteiger partial charge >= 0.3 is 0 Å². The molecule has 0 heterocycles. The molecule has 0 aromatic heterocycles. The lowest BCUT2D eigenvalue weighted by atomic mass is 9.99. The molecule has 0 fully saturated rings. The summed E-state index contributed by atoms with van der Waals surface area (Å²) in [5, 5.41) is 0. The number of hydrogen-bond donors (Lipinski definition) is 0. The molecule has 0 aliphatic heterocycles. The summed E-state index contributed by atoms with van der Waals surface area (Å²) in [6.07, 6.45) is 10.5. The van der Waals surface area contributed by atoms with Crippen molar-refractivity contribution < 1.29 is 0 Å². The van der Waals surface area contributed by atoms with Crippen LogP contribution in [0.15, 0.2) is 48.6 Å². The van der Waals surface area contributed by atoms with Gasteiger partial charge in [-0.1, -0.05) is 54.6 Å². The molecule has 13 heavy (non-hydrogen) atoms. The van der Waals surface area contributed by atoms with Gasteiger partial charge in [-0.05, 0) is 23.6 Å². The fourth-order valence-corrected chi connectivity index (χ4v) is 1.51. The van der Waals surface area contributed by atoms with Crippen molar-refractivity contribution in [2.24, 2.45) is 0 Å². The smallest absolute Gasteiger partial charge is 0.0155 e. The first-order valence-corrected chi connectivity index (χ1v) is 4.49. The lowest BCUT2D eigenvalue weighted by molar-refractivity contribution is 1.53. The summed E-state index contributed by atoms with van der Waals surface area (Å²) in [5.41, 5.74) is 3.93. The number of hydrogen-bond acceptors (Lipinski definition) is 0. The van der Waals surface area contributed by atoms with Gasteiger partial charge in [-0.15, -0.1) is 0 Å². The largest absolute Gasteiger partial charge is 0.0622 e. The second kappa shape index (κ2) is 3.44. The standard InChI is InChI=1S/C13H12/c1-11-7-3-2-4-8-12-9-5-6-10-13(11)12/h2-10H,1H3/b3-2-,4-2?,7-3?,8-4-,11-7-,12-8?,13-11?. The third-order valence-electron chi connectivity index (χ3n) is 2.23. The Morgan fingerprint density at radius 2 is 1.77 bits per heavy atom. The number of fused-ring (bicyclic) bond motifs is 1. The van der Waals surface area contributed by atoms with E-state index < -0.39 is 0 Å². The van der Waals surface area contributed by atoms with Crippen molar-refractivity contribution in [3.63, 3.8) is 0 Å². The maximum atomic E-state index is 2.16. The van der Waals surface area contributed by atoms with E-state index in [9.17, 15) is 0 Å². The van der Waals surface area contributed by atoms with Crippen molar-refractivity contribution in [1.82, 2.24) is 0 Å². The van der Waals surface area contributed by atoms with Crippen LogP contribution in [0.4, 0.5) is 0 Å². The van der Waals surface area contributed by atoms with Gasteiger partial charge in [0.25, 0.3) is 0 Å². The highest BCUT2D eigenvalue weighted by Gasteiger charge is 1.99. The molecule has 0 amide bonds. The SMILES string of the molecule is C/C1=C/C=C\C=C/c2ccccc21. The van der Waals surface area contributed by atoms with E-state index in [1.54, 1.807) is 0 Å². The van der Waals surface area contributed by atoms with Crippen LogP contribution in [0.25, 0.3) is 11.6 Å². The first kappa shape index (κ1) is 8.06. The molecule has 0 saturated carbocycles. The van der Waals surface area contributed by atoms with Gasteiger partial charge in [0.05, 0.1) is 0 Å². The van der Waals surface area contributed by atoms with E-state index >= 15 is 0 Å². The summed E-state index contributed by atoms with van der Waals surface area (Å²) in [6, 6.07) is 8.45. The van der Waals surface area contributed by atoms with Crippen LogP contribution in [0.2, 0.25) is 0 Å². The van der Waals surface area contributed by atoms with E-state index in [0.717, 1.165) is 0 Å². The molecule has 1 aromatic rings. The molecule has 0 bridgehead atoms. The van der Waals surface area contributed by atoms with E-state index in [0.29, 0.717) is 0 Å². The molecule has 1 aliphatic rings. The van der Waals surface area contributed by atoms with Crippen molar-refractivity contribution >= 4 is 11.6 Å². The van der Waals surface area contributed by atoms with E-state index in [-0.39, 0.29) is 0 Å². The van der Waals surface area contributed by atoms with Crippen LogP contribution >= 0.6 is 0 Å². The molecular formula is C13H12. The molecule has 0 unspecified atom stereocenters. The molecule has 2 rings (SSSR count). The number of rotatable bonds is 0. The molecule has 1 aliphatic carbocycles. The number of allylic oxidation sites excluding steroid dienone is 5. The van der Waals surface area contributed by atoms with Crippen LogP contribution in [0.1, 0.15) is 18.1 Å². The molecular weight excluding hydrogens is 156 g/mol. The minimum Gasteiger partial charge on any atom is -0.0622 e. The van der Waals surface area contributed by atoms with Crippen LogP contribution in [0.5, 0.6) is 0 Å². The van der Waals surface area contributed by atoms with Crippen molar-refractivity contribution in [3.05, 3.63) is 59.7 Å². The third kappa shape index (κ3) is 1.62. The molecule has 1 aromatic carbocycles. The second-order valence-corrected chi connectivity index (χ2v) is 3.18. The Hall–Kier alpha value is -1.56. The van der Waals surface area contributed by atoms with Gasteiger partial charge in [0.2, 0.25) is 0 Å². The summed E-state index contributed by atoms with van der Waals surface area (Å²) in [4.78, 5) is 0. The molecule has 0 atom stereocenters. The van der Waals surface area contributed by atoms with Crippen molar-refractivity contribution in [1.29, 1.82) is 0 Å². The zero-order chi connectivity index (χ0) is 9.10. The molecule has 0 nitrogen and oxygen atoms in total. The predicted molar refractivity (Wildman–Crippen MR) is 58.3 cm³/mol.